The second kappa shape index (κ2) is 4.94. The van der Waals surface area contributed by atoms with Crippen molar-refractivity contribution in [1.82, 2.24) is 9.88 Å². The molecule has 2 rings (SSSR count). The summed E-state index contributed by atoms with van der Waals surface area (Å²) >= 11 is 1.99. The molecule has 15 heavy (non-hydrogen) atoms. The molecule has 0 saturated carbocycles. The van der Waals surface area contributed by atoms with Crippen LogP contribution in [0.2, 0.25) is 0 Å². The van der Waals surface area contributed by atoms with Crippen LogP contribution in [-0.4, -0.2) is 34.0 Å². The van der Waals surface area contributed by atoms with Gasteiger partial charge >= 0.3 is 0 Å². The zero-order valence-electron chi connectivity index (χ0n) is 8.82. The number of hydrogen-bond acceptors (Lipinski definition) is 3. The highest BCUT2D eigenvalue weighted by Crippen LogP contribution is 2.19. The normalized spacial score (nSPS) is 22.9. The Morgan fingerprint density at radius 1 is 1.67 bits per heavy atom. The Balaban J connectivity index is 1.99. The molecule has 0 aliphatic carbocycles. The molecule has 1 atom stereocenters. The maximum Gasteiger partial charge on any atom is 0.145 e. The lowest BCUT2D eigenvalue weighted by Crippen LogP contribution is -2.36. The van der Waals surface area contributed by atoms with Gasteiger partial charge in [-0.25, -0.2) is 4.39 Å². The number of nitrogens with zero attached hydrogens (tertiary/aromatic N) is 2. The van der Waals surface area contributed by atoms with Crippen molar-refractivity contribution in [3.63, 3.8) is 0 Å². The molecular formula is C11H15FN2S. The van der Waals surface area contributed by atoms with Crippen LogP contribution in [-0.2, 0) is 6.54 Å². The fourth-order valence-corrected chi connectivity index (χ4v) is 2.89. The quantitative estimate of drug-likeness (QED) is 0.769. The van der Waals surface area contributed by atoms with E-state index in [2.05, 4.69) is 16.8 Å². The first-order valence-electron chi connectivity index (χ1n) is 5.18. The zero-order valence-corrected chi connectivity index (χ0v) is 9.63. The van der Waals surface area contributed by atoms with Crippen LogP contribution in [0.5, 0.6) is 0 Å². The van der Waals surface area contributed by atoms with Gasteiger partial charge in [-0.2, -0.15) is 11.8 Å². The summed E-state index contributed by atoms with van der Waals surface area (Å²) in [6.07, 6.45) is 2.94. The summed E-state index contributed by atoms with van der Waals surface area (Å²) in [5.74, 6) is 0.955. The molecular weight excluding hydrogens is 211 g/mol. The topological polar surface area (TPSA) is 16.1 Å². The van der Waals surface area contributed by atoms with Crippen LogP contribution in [0, 0.1) is 5.82 Å². The zero-order chi connectivity index (χ0) is 10.7. The Labute approximate surface area is 93.9 Å². The lowest BCUT2D eigenvalue weighted by atomic mass is 10.2. The second-order valence-electron chi connectivity index (χ2n) is 3.88. The van der Waals surface area contributed by atoms with Crippen molar-refractivity contribution in [2.45, 2.75) is 18.7 Å². The minimum absolute atomic E-state index is 0.191. The first kappa shape index (κ1) is 10.9. The van der Waals surface area contributed by atoms with E-state index in [4.69, 9.17) is 0 Å². The fourth-order valence-electron chi connectivity index (χ4n) is 1.81. The number of thioether (sulfide) groups is 1. The van der Waals surface area contributed by atoms with Gasteiger partial charge in [0.2, 0.25) is 0 Å². The van der Waals surface area contributed by atoms with Crippen molar-refractivity contribution in [2.75, 3.05) is 18.8 Å². The Bertz CT molecular complexity index is 332. The predicted molar refractivity (Wildman–Crippen MR) is 61.4 cm³/mol. The van der Waals surface area contributed by atoms with E-state index in [1.807, 2.05) is 11.8 Å². The third-order valence-corrected chi connectivity index (χ3v) is 3.71. The van der Waals surface area contributed by atoms with Crippen molar-refractivity contribution in [2.24, 2.45) is 0 Å². The Kier molecular flexibility index (Phi) is 3.59. The van der Waals surface area contributed by atoms with E-state index >= 15 is 0 Å². The van der Waals surface area contributed by atoms with Crippen LogP contribution in [0.3, 0.4) is 0 Å². The molecule has 4 heteroatoms. The molecule has 1 aliphatic heterocycles. The van der Waals surface area contributed by atoms with Crippen LogP contribution in [0.1, 0.15) is 12.5 Å². The van der Waals surface area contributed by atoms with E-state index in [0.717, 1.165) is 24.4 Å². The molecule has 1 aromatic heterocycles. The van der Waals surface area contributed by atoms with Crippen LogP contribution < -0.4 is 0 Å². The number of rotatable bonds is 2. The van der Waals surface area contributed by atoms with Gasteiger partial charge in [-0.05, 0) is 6.07 Å². The average Bonchev–Trinajstić information content (AvgIpc) is 2.22. The van der Waals surface area contributed by atoms with Gasteiger partial charge in [0.05, 0.1) is 6.20 Å². The smallest absolute Gasteiger partial charge is 0.145 e. The number of halogens is 1. The van der Waals surface area contributed by atoms with Crippen molar-refractivity contribution in [3.8, 4) is 0 Å². The van der Waals surface area contributed by atoms with Gasteiger partial charge in [0, 0.05) is 42.4 Å². The molecule has 0 aromatic carbocycles. The van der Waals surface area contributed by atoms with E-state index < -0.39 is 0 Å². The maximum absolute atomic E-state index is 13.3. The molecule has 1 saturated heterocycles. The fraction of sp³-hybridized carbons (Fsp3) is 0.545. The molecule has 1 aliphatic rings. The van der Waals surface area contributed by atoms with Gasteiger partial charge in [0.1, 0.15) is 5.82 Å². The summed E-state index contributed by atoms with van der Waals surface area (Å²) in [7, 11) is 0. The average molecular weight is 226 g/mol. The van der Waals surface area contributed by atoms with Crippen LogP contribution >= 0.6 is 11.8 Å². The molecule has 82 valence electrons. The SMILES string of the molecule is C[C@H]1CN(Cc2ccncc2F)CCS1. The lowest BCUT2D eigenvalue weighted by molar-refractivity contribution is 0.274. The molecule has 1 fully saturated rings. The van der Waals surface area contributed by atoms with Gasteiger partial charge in [0.25, 0.3) is 0 Å². The first-order chi connectivity index (χ1) is 7.25. The van der Waals surface area contributed by atoms with E-state index in [1.165, 1.54) is 6.20 Å². The van der Waals surface area contributed by atoms with Gasteiger partial charge in [-0.1, -0.05) is 6.92 Å². The Morgan fingerprint density at radius 3 is 3.27 bits per heavy atom. The van der Waals surface area contributed by atoms with Gasteiger partial charge in [-0.15, -0.1) is 0 Å². The maximum atomic E-state index is 13.3. The van der Waals surface area contributed by atoms with Crippen molar-refractivity contribution in [1.29, 1.82) is 0 Å². The molecule has 0 amide bonds. The largest absolute Gasteiger partial charge is 0.297 e. The van der Waals surface area contributed by atoms with E-state index in [1.54, 1.807) is 12.3 Å². The van der Waals surface area contributed by atoms with E-state index in [9.17, 15) is 4.39 Å². The standard InChI is InChI=1S/C11H15FN2S/c1-9-7-14(4-5-15-9)8-10-2-3-13-6-11(10)12/h2-3,6,9H,4-5,7-8H2,1H3/t9-/m0/s1. The van der Waals surface area contributed by atoms with E-state index in [-0.39, 0.29) is 5.82 Å². The highest BCUT2D eigenvalue weighted by molar-refractivity contribution is 7.99. The summed E-state index contributed by atoms with van der Waals surface area (Å²) in [6, 6.07) is 1.77. The summed E-state index contributed by atoms with van der Waals surface area (Å²) in [4.78, 5) is 6.06. The Morgan fingerprint density at radius 2 is 2.53 bits per heavy atom. The highest BCUT2D eigenvalue weighted by atomic mass is 32.2. The minimum Gasteiger partial charge on any atom is -0.297 e. The number of aromatic nitrogens is 1. The number of hydrogen-bond donors (Lipinski definition) is 0. The van der Waals surface area contributed by atoms with Crippen LogP contribution in [0.4, 0.5) is 4.39 Å². The molecule has 0 spiro atoms. The van der Waals surface area contributed by atoms with Crippen molar-refractivity contribution in [3.05, 3.63) is 29.8 Å². The lowest BCUT2D eigenvalue weighted by Gasteiger charge is -2.30. The van der Waals surface area contributed by atoms with Crippen LogP contribution in [0.15, 0.2) is 18.5 Å². The van der Waals surface area contributed by atoms with Gasteiger partial charge in [-0.3, -0.25) is 9.88 Å². The van der Waals surface area contributed by atoms with Crippen molar-refractivity contribution >= 4 is 11.8 Å². The Hall–Kier alpha value is -0.610. The second-order valence-corrected chi connectivity index (χ2v) is 5.43. The van der Waals surface area contributed by atoms with E-state index in [0.29, 0.717) is 11.8 Å². The van der Waals surface area contributed by atoms with Gasteiger partial charge < -0.3 is 0 Å². The summed E-state index contributed by atoms with van der Waals surface area (Å²) in [6.45, 7) is 5.03. The third-order valence-electron chi connectivity index (χ3n) is 2.58. The summed E-state index contributed by atoms with van der Waals surface area (Å²) in [5, 5.41) is 0.656. The molecule has 1 aromatic rings. The minimum atomic E-state index is -0.191. The van der Waals surface area contributed by atoms with Gasteiger partial charge in [0.15, 0.2) is 0 Å². The molecule has 0 N–H and O–H groups in total. The molecule has 0 unspecified atom stereocenters. The molecule has 2 nitrogen and oxygen atoms in total. The molecule has 0 bridgehead atoms. The molecule has 0 radical (unpaired) electrons. The summed E-state index contributed by atoms with van der Waals surface area (Å²) < 4.78 is 13.3. The highest BCUT2D eigenvalue weighted by Gasteiger charge is 2.17. The van der Waals surface area contributed by atoms with Crippen molar-refractivity contribution < 1.29 is 4.39 Å². The predicted octanol–water partition coefficient (Wildman–Crippen LogP) is 2.16. The first-order valence-corrected chi connectivity index (χ1v) is 6.23. The number of pyridine rings is 1. The summed E-state index contributed by atoms with van der Waals surface area (Å²) in [5.41, 5.74) is 0.754. The van der Waals surface area contributed by atoms with Crippen LogP contribution in [0.25, 0.3) is 0 Å². The third kappa shape index (κ3) is 2.92. The molecule has 2 heterocycles. The monoisotopic (exact) mass is 226 g/mol.